The fraction of sp³-hybridized carbons (Fsp3) is 0.167. The normalized spacial score (nSPS) is 9.70. The van der Waals surface area contributed by atoms with E-state index in [1.165, 1.54) is 11.3 Å². The van der Waals surface area contributed by atoms with Gasteiger partial charge in [-0.25, -0.2) is 0 Å². The average Bonchev–Trinajstić information content (AvgIpc) is 2.13. The molecule has 0 bridgehead atoms. The monoisotopic (exact) mass is 174 g/mol. The van der Waals surface area contributed by atoms with Crippen molar-refractivity contribution in [1.29, 1.82) is 5.41 Å². The summed E-state index contributed by atoms with van der Waals surface area (Å²) in [6.07, 6.45) is 0.511. The highest BCUT2D eigenvalue weighted by Gasteiger charge is 1.97. The number of nitrogens with one attached hydrogen (secondary N) is 1. The van der Waals surface area contributed by atoms with Crippen LogP contribution in [-0.2, 0) is 6.42 Å². The first-order valence-corrected chi connectivity index (χ1v) is 4.00. The molecule has 0 saturated carbocycles. The summed E-state index contributed by atoms with van der Waals surface area (Å²) < 4.78 is 0. The Morgan fingerprint density at radius 3 is 2.90 bits per heavy atom. The van der Waals surface area contributed by atoms with Gasteiger partial charge in [-0.05, 0) is 6.07 Å². The molecule has 2 nitrogen and oxygen atoms in total. The number of halogens is 1. The van der Waals surface area contributed by atoms with Gasteiger partial charge < -0.3 is 5.73 Å². The molecule has 1 heterocycles. The predicted molar refractivity (Wildman–Crippen MR) is 44.9 cm³/mol. The minimum atomic E-state index is 0.179. The summed E-state index contributed by atoms with van der Waals surface area (Å²) in [5.74, 6) is 0.179. The zero-order chi connectivity index (χ0) is 7.56. The SMILES string of the molecule is N=C(N)Cc1cc(Cl)cs1. The van der Waals surface area contributed by atoms with Crippen LogP contribution in [0.3, 0.4) is 0 Å². The van der Waals surface area contributed by atoms with Gasteiger partial charge in [-0.1, -0.05) is 11.6 Å². The lowest BCUT2D eigenvalue weighted by Gasteiger charge is -1.90. The zero-order valence-electron chi connectivity index (χ0n) is 5.23. The van der Waals surface area contributed by atoms with Gasteiger partial charge >= 0.3 is 0 Å². The van der Waals surface area contributed by atoms with Crippen LogP contribution in [0.4, 0.5) is 0 Å². The lowest BCUT2D eigenvalue weighted by Crippen LogP contribution is -2.11. The van der Waals surface area contributed by atoms with Crippen LogP contribution in [0, 0.1) is 5.41 Å². The van der Waals surface area contributed by atoms with Gasteiger partial charge in [0.2, 0.25) is 0 Å². The van der Waals surface area contributed by atoms with Crippen molar-refractivity contribution in [2.45, 2.75) is 6.42 Å². The van der Waals surface area contributed by atoms with Gasteiger partial charge in [-0.2, -0.15) is 0 Å². The van der Waals surface area contributed by atoms with Crippen LogP contribution < -0.4 is 5.73 Å². The number of rotatable bonds is 2. The molecule has 0 aromatic carbocycles. The number of nitrogens with two attached hydrogens (primary N) is 1. The van der Waals surface area contributed by atoms with Gasteiger partial charge in [0.15, 0.2) is 0 Å². The number of hydrogen-bond donors (Lipinski definition) is 2. The van der Waals surface area contributed by atoms with Crippen molar-refractivity contribution in [3.63, 3.8) is 0 Å². The van der Waals surface area contributed by atoms with Crippen molar-refractivity contribution in [1.82, 2.24) is 0 Å². The largest absolute Gasteiger partial charge is 0.387 e. The van der Waals surface area contributed by atoms with Crippen molar-refractivity contribution in [2.75, 3.05) is 0 Å². The summed E-state index contributed by atoms with van der Waals surface area (Å²) in [6, 6.07) is 1.83. The smallest absolute Gasteiger partial charge is 0.0958 e. The summed E-state index contributed by atoms with van der Waals surface area (Å²) in [5.41, 5.74) is 5.18. The highest BCUT2D eigenvalue weighted by Crippen LogP contribution is 2.18. The molecule has 3 N–H and O–H groups in total. The summed E-state index contributed by atoms with van der Waals surface area (Å²) in [7, 11) is 0. The predicted octanol–water partition coefficient (Wildman–Crippen LogP) is 1.88. The van der Waals surface area contributed by atoms with Crippen LogP contribution in [0.1, 0.15) is 4.88 Å². The summed E-state index contributed by atoms with van der Waals surface area (Å²) in [5, 5.41) is 9.54. The molecular weight excluding hydrogens is 168 g/mol. The van der Waals surface area contributed by atoms with E-state index >= 15 is 0 Å². The van der Waals surface area contributed by atoms with E-state index in [-0.39, 0.29) is 5.84 Å². The molecule has 0 amide bonds. The topological polar surface area (TPSA) is 49.9 Å². The fourth-order valence-electron chi connectivity index (χ4n) is 0.634. The lowest BCUT2D eigenvalue weighted by atomic mass is 10.3. The Balaban J connectivity index is 2.67. The molecule has 0 fully saturated rings. The minimum Gasteiger partial charge on any atom is -0.387 e. The maximum Gasteiger partial charge on any atom is 0.0958 e. The van der Waals surface area contributed by atoms with Crippen LogP contribution in [0.5, 0.6) is 0 Å². The molecule has 0 radical (unpaired) electrons. The molecule has 0 aliphatic carbocycles. The highest BCUT2D eigenvalue weighted by molar-refractivity contribution is 7.10. The molecule has 1 rings (SSSR count). The molecule has 0 spiro atoms. The molecular formula is C6H7ClN2S. The summed E-state index contributed by atoms with van der Waals surface area (Å²) in [4.78, 5) is 1.04. The molecule has 4 heteroatoms. The molecule has 0 unspecified atom stereocenters. The maximum absolute atomic E-state index is 6.98. The van der Waals surface area contributed by atoms with Crippen molar-refractivity contribution in [3.8, 4) is 0 Å². The summed E-state index contributed by atoms with van der Waals surface area (Å²) in [6.45, 7) is 0. The first-order valence-electron chi connectivity index (χ1n) is 2.74. The van der Waals surface area contributed by atoms with Crippen molar-refractivity contribution in [2.24, 2.45) is 5.73 Å². The molecule has 54 valence electrons. The second-order valence-electron chi connectivity index (χ2n) is 1.93. The van der Waals surface area contributed by atoms with Crippen molar-refractivity contribution < 1.29 is 0 Å². The summed E-state index contributed by atoms with van der Waals surface area (Å²) >= 11 is 7.17. The van der Waals surface area contributed by atoms with E-state index < -0.39 is 0 Å². The van der Waals surface area contributed by atoms with Gasteiger partial charge in [0.1, 0.15) is 0 Å². The Hall–Kier alpha value is -0.540. The quantitative estimate of drug-likeness (QED) is 0.522. The Bertz CT molecular complexity index is 244. The van der Waals surface area contributed by atoms with Gasteiger partial charge in [0.05, 0.1) is 10.9 Å². The molecule has 0 saturated heterocycles. The van der Waals surface area contributed by atoms with Crippen LogP contribution in [0.2, 0.25) is 5.02 Å². The van der Waals surface area contributed by atoms with Gasteiger partial charge in [-0.15, -0.1) is 11.3 Å². The van der Waals surface area contributed by atoms with Gasteiger partial charge in [0, 0.05) is 16.7 Å². The van der Waals surface area contributed by atoms with E-state index in [1.807, 2.05) is 11.4 Å². The standard InChI is InChI=1S/C6H7ClN2S/c7-4-1-5(10-3-4)2-6(8)9/h1,3H,2H2,(H3,8,9). The molecule has 0 aliphatic heterocycles. The fourth-order valence-corrected chi connectivity index (χ4v) is 1.73. The van der Waals surface area contributed by atoms with Crippen molar-refractivity contribution >= 4 is 28.8 Å². The molecule has 1 aromatic heterocycles. The van der Waals surface area contributed by atoms with E-state index in [1.54, 1.807) is 0 Å². The number of hydrogen-bond acceptors (Lipinski definition) is 2. The van der Waals surface area contributed by atoms with Gasteiger partial charge in [0.25, 0.3) is 0 Å². The lowest BCUT2D eigenvalue weighted by molar-refractivity contribution is 1.29. The van der Waals surface area contributed by atoms with Crippen LogP contribution in [0.25, 0.3) is 0 Å². The van der Waals surface area contributed by atoms with E-state index in [9.17, 15) is 0 Å². The van der Waals surface area contributed by atoms with Crippen LogP contribution in [-0.4, -0.2) is 5.84 Å². The molecule has 0 atom stereocenters. The number of amidine groups is 1. The third-order valence-corrected chi connectivity index (χ3v) is 2.27. The number of thiophene rings is 1. The highest BCUT2D eigenvalue weighted by atomic mass is 35.5. The molecule has 0 aliphatic rings. The Morgan fingerprint density at radius 1 is 1.80 bits per heavy atom. The van der Waals surface area contributed by atoms with E-state index in [2.05, 4.69) is 0 Å². The third-order valence-electron chi connectivity index (χ3n) is 0.986. The Kier molecular flexibility index (Phi) is 2.29. The zero-order valence-corrected chi connectivity index (χ0v) is 6.80. The maximum atomic E-state index is 6.98. The van der Waals surface area contributed by atoms with E-state index in [0.29, 0.717) is 6.42 Å². The minimum absolute atomic E-state index is 0.179. The molecule has 10 heavy (non-hydrogen) atoms. The second-order valence-corrected chi connectivity index (χ2v) is 3.37. The Labute approximate surface area is 68.1 Å². The van der Waals surface area contributed by atoms with Crippen LogP contribution >= 0.6 is 22.9 Å². The first-order chi connectivity index (χ1) is 4.68. The molecule has 1 aromatic rings. The third kappa shape index (κ3) is 2.01. The van der Waals surface area contributed by atoms with Gasteiger partial charge in [-0.3, -0.25) is 5.41 Å². The Morgan fingerprint density at radius 2 is 2.50 bits per heavy atom. The van der Waals surface area contributed by atoms with Crippen LogP contribution in [0.15, 0.2) is 11.4 Å². The van der Waals surface area contributed by atoms with Crippen molar-refractivity contribution in [3.05, 3.63) is 21.3 Å². The second kappa shape index (κ2) is 3.03. The van der Waals surface area contributed by atoms with E-state index in [4.69, 9.17) is 22.7 Å². The van der Waals surface area contributed by atoms with E-state index in [0.717, 1.165) is 9.90 Å². The average molecular weight is 175 g/mol. The first kappa shape index (κ1) is 7.57.